The third-order valence-corrected chi connectivity index (χ3v) is 5.88. The van der Waals surface area contributed by atoms with E-state index in [-0.39, 0.29) is 17.8 Å². The van der Waals surface area contributed by atoms with Gasteiger partial charge in [0.2, 0.25) is 0 Å². The molecule has 29 heavy (non-hydrogen) atoms. The predicted octanol–water partition coefficient (Wildman–Crippen LogP) is 4.30. The first-order chi connectivity index (χ1) is 13.9. The lowest BCUT2D eigenvalue weighted by molar-refractivity contribution is 0.0945. The van der Waals surface area contributed by atoms with Crippen LogP contribution in [0.1, 0.15) is 27.0 Å². The van der Waals surface area contributed by atoms with Gasteiger partial charge in [-0.1, -0.05) is 12.1 Å². The Morgan fingerprint density at radius 3 is 2.41 bits per heavy atom. The number of carbonyl (C=O) groups is 1. The fourth-order valence-electron chi connectivity index (χ4n) is 3.02. The normalized spacial score (nSPS) is 12.1. The molecule has 152 valence electrons. The highest BCUT2D eigenvalue weighted by Crippen LogP contribution is 2.28. The van der Waals surface area contributed by atoms with Crippen LogP contribution in [0, 0.1) is 12.7 Å². The molecule has 5 nitrogen and oxygen atoms in total. The molecule has 0 aliphatic rings. The summed E-state index contributed by atoms with van der Waals surface area (Å²) in [6, 6.07) is 14.0. The monoisotopic (exact) mass is 413 g/mol. The molecule has 0 aliphatic carbocycles. The molecule has 2 aromatic carbocycles. The number of amides is 1. The van der Waals surface area contributed by atoms with Gasteiger partial charge in [0, 0.05) is 12.1 Å². The molecule has 1 heterocycles. The van der Waals surface area contributed by atoms with Crippen LogP contribution in [0.25, 0.3) is 10.6 Å². The predicted molar refractivity (Wildman–Crippen MR) is 114 cm³/mol. The summed E-state index contributed by atoms with van der Waals surface area (Å²) in [4.78, 5) is 19.9. The van der Waals surface area contributed by atoms with Crippen molar-refractivity contribution in [1.29, 1.82) is 0 Å². The van der Waals surface area contributed by atoms with E-state index in [0.717, 1.165) is 16.9 Å². The van der Waals surface area contributed by atoms with Crippen LogP contribution in [0.3, 0.4) is 0 Å². The second kappa shape index (κ2) is 9.15. The fourth-order valence-corrected chi connectivity index (χ4v) is 4.01. The maximum Gasteiger partial charge on any atom is 0.263 e. The summed E-state index contributed by atoms with van der Waals surface area (Å²) in [5.41, 5.74) is 2.55. The van der Waals surface area contributed by atoms with E-state index in [4.69, 9.17) is 4.74 Å². The number of nitrogens with one attached hydrogen (secondary N) is 1. The molecule has 1 N–H and O–H groups in total. The van der Waals surface area contributed by atoms with Crippen LogP contribution in [0.15, 0.2) is 48.5 Å². The van der Waals surface area contributed by atoms with E-state index in [9.17, 15) is 9.18 Å². The maximum absolute atomic E-state index is 13.1. The van der Waals surface area contributed by atoms with Gasteiger partial charge in [-0.05, 0) is 63.0 Å². The smallest absolute Gasteiger partial charge is 0.263 e. The van der Waals surface area contributed by atoms with Gasteiger partial charge in [0.05, 0.1) is 18.8 Å². The zero-order valence-corrected chi connectivity index (χ0v) is 17.7. The minimum Gasteiger partial charge on any atom is -0.497 e. The Labute approximate surface area is 174 Å². The number of benzene rings is 2. The molecule has 1 amide bonds. The highest BCUT2D eigenvalue weighted by atomic mass is 32.1. The molecular weight excluding hydrogens is 389 g/mol. The molecule has 0 spiro atoms. The lowest BCUT2D eigenvalue weighted by Gasteiger charge is -2.25. The number of carbonyl (C=O) groups excluding carboxylic acids is 1. The van der Waals surface area contributed by atoms with Gasteiger partial charge in [-0.2, -0.15) is 0 Å². The number of rotatable bonds is 7. The zero-order chi connectivity index (χ0) is 21.0. The van der Waals surface area contributed by atoms with E-state index >= 15 is 0 Å². The van der Waals surface area contributed by atoms with E-state index in [0.29, 0.717) is 22.1 Å². The van der Waals surface area contributed by atoms with Crippen molar-refractivity contribution in [1.82, 2.24) is 15.2 Å². The minimum absolute atomic E-state index is 0.0228. The van der Waals surface area contributed by atoms with E-state index in [1.807, 2.05) is 45.3 Å². The van der Waals surface area contributed by atoms with Gasteiger partial charge in [0.1, 0.15) is 21.5 Å². The maximum atomic E-state index is 13.1. The summed E-state index contributed by atoms with van der Waals surface area (Å²) in [5.74, 6) is 0.339. The van der Waals surface area contributed by atoms with Crippen molar-refractivity contribution < 1.29 is 13.9 Å². The minimum atomic E-state index is -0.298. The number of hydrogen-bond acceptors (Lipinski definition) is 5. The van der Waals surface area contributed by atoms with Crippen molar-refractivity contribution in [2.24, 2.45) is 0 Å². The first-order valence-electron chi connectivity index (χ1n) is 9.21. The van der Waals surface area contributed by atoms with Gasteiger partial charge in [-0.3, -0.25) is 4.79 Å². The lowest BCUT2D eigenvalue weighted by atomic mass is 10.1. The van der Waals surface area contributed by atoms with Crippen molar-refractivity contribution in [3.05, 3.63) is 70.5 Å². The van der Waals surface area contributed by atoms with Crippen molar-refractivity contribution >= 4 is 17.2 Å². The molecule has 1 unspecified atom stereocenters. The van der Waals surface area contributed by atoms with Gasteiger partial charge in [0.15, 0.2) is 0 Å². The Hall–Kier alpha value is -2.77. The summed E-state index contributed by atoms with van der Waals surface area (Å²) < 4.78 is 18.4. The number of aryl methyl sites for hydroxylation is 1. The number of aromatic nitrogens is 1. The number of likely N-dealkylation sites (N-methyl/N-ethyl adjacent to an activating group) is 1. The Kier molecular flexibility index (Phi) is 6.61. The molecule has 7 heteroatoms. The topological polar surface area (TPSA) is 54.5 Å². The Balaban J connectivity index is 1.72. The van der Waals surface area contributed by atoms with Gasteiger partial charge in [0.25, 0.3) is 5.91 Å². The molecule has 3 aromatic rings. The summed E-state index contributed by atoms with van der Waals surface area (Å²) in [5, 5.41) is 3.72. The Bertz CT molecular complexity index is 969. The van der Waals surface area contributed by atoms with E-state index in [2.05, 4.69) is 15.2 Å². The number of halogens is 1. The van der Waals surface area contributed by atoms with E-state index in [1.54, 1.807) is 19.2 Å². The van der Waals surface area contributed by atoms with Crippen LogP contribution in [-0.2, 0) is 0 Å². The number of hydrogen-bond donors (Lipinski definition) is 1. The van der Waals surface area contributed by atoms with Crippen molar-refractivity contribution in [2.45, 2.75) is 13.0 Å². The molecule has 1 atom stereocenters. The molecule has 1 aromatic heterocycles. The second-order valence-electron chi connectivity index (χ2n) is 6.90. The summed E-state index contributed by atoms with van der Waals surface area (Å²) in [7, 11) is 5.59. The first kappa shape index (κ1) is 21.0. The molecule has 0 bridgehead atoms. The first-order valence-corrected chi connectivity index (χ1v) is 10.0. The quantitative estimate of drug-likeness (QED) is 0.628. The molecule has 0 aliphatic heterocycles. The van der Waals surface area contributed by atoms with Gasteiger partial charge in [-0.15, -0.1) is 11.3 Å². The number of nitrogens with zero attached hydrogens (tertiary/aromatic N) is 2. The number of methoxy groups -OCH3 is 1. The summed E-state index contributed by atoms with van der Waals surface area (Å²) in [6.45, 7) is 2.27. The Morgan fingerprint density at radius 2 is 1.83 bits per heavy atom. The average Bonchev–Trinajstić information content (AvgIpc) is 3.10. The Morgan fingerprint density at radius 1 is 1.17 bits per heavy atom. The van der Waals surface area contributed by atoms with Crippen molar-refractivity contribution in [2.75, 3.05) is 27.7 Å². The molecule has 0 fully saturated rings. The second-order valence-corrected chi connectivity index (χ2v) is 7.90. The summed E-state index contributed by atoms with van der Waals surface area (Å²) >= 11 is 1.31. The van der Waals surface area contributed by atoms with Crippen molar-refractivity contribution in [3.8, 4) is 16.3 Å². The molecular formula is C22H24FN3O2S. The van der Waals surface area contributed by atoms with Crippen LogP contribution in [0.4, 0.5) is 4.39 Å². The van der Waals surface area contributed by atoms with Gasteiger partial charge >= 0.3 is 0 Å². The fraction of sp³-hybridized carbons (Fsp3) is 0.273. The largest absolute Gasteiger partial charge is 0.497 e. The molecule has 0 radical (unpaired) electrons. The van der Waals surface area contributed by atoms with Crippen LogP contribution in [0.5, 0.6) is 5.75 Å². The van der Waals surface area contributed by atoms with Crippen LogP contribution in [-0.4, -0.2) is 43.5 Å². The third kappa shape index (κ3) is 4.99. The van der Waals surface area contributed by atoms with Crippen LogP contribution >= 0.6 is 11.3 Å². The van der Waals surface area contributed by atoms with E-state index < -0.39 is 0 Å². The zero-order valence-electron chi connectivity index (χ0n) is 16.9. The van der Waals surface area contributed by atoms with Crippen LogP contribution < -0.4 is 10.1 Å². The SMILES string of the molecule is COc1ccc(C(CNC(=O)c2sc(-c3ccc(F)cc3)nc2C)N(C)C)cc1. The molecule has 0 saturated heterocycles. The highest BCUT2D eigenvalue weighted by Gasteiger charge is 2.19. The molecule has 3 rings (SSSR count). The standard InChI is InChI=1S/C22H24FN3O2S/c1-14-20(29-22(25-14)16-5-9-17(23)10-6-16)21(27)24-13-19(26(2)3)15-7-11-18(28-4)12-8-15/h5-12,19H,13H2,1-4H3,(H,24,27). The molecule has 0 saturated carbocycles. The lowest BCUT2D eigenvalue weighted by Crippen LogP contribution is -2.34. The van der Waals surface area contributed by atoms with Crippen LogP contribution in [0.2, 0.25) is 0 Å². The van der Waals surface area contributed by atoms with E-state index in [1.165, 1.54) is 23.5 Å². The number of thiazole rings is 1. The van der Waals surface area contributed by atoms with Crippen molar-refractivity contribution in [3.63, 3.8) is 0 Å². The third-order valence-electron chi connectivity index (χ3n) is 4.67. The number of ether oxygens (including phenoxy) is 1. The van der Waals surface area contributed by atoms with Gasteiger partial charge < -0.3 is 15.0 Å². The highest BCUT2D eigenvalue weighted by molar-refractivity contribution is 7.17. The summed E-state index contributed by atoms with van der Waals surface area (Å²) in [6.07, 6.45) is 0. The van der Waals surface area contributed by atoms with Gasteiger partial charge in [-0.25, -0.2) is 9.37 Å². The average molecular weight is 414 g/mol.